The zero-order valence-corrected chi connectivity index (χ0v) is 10.8. The molecular formula is C15H22N2O. The summed E-state index contributed by atoms with van der Waals surface area (Å²) < 4.78 is 5.22. The first kappa shape index (κ1) is 12.2. The molecule has 3 heteroatoms. The minimum atomic E-state index is 0.603. The van der Waals surface area contributed by atoms with Gasteiger partial charge in [-0.3, -0.25) is 4.90 Å². The van der Waals surface area contributed by atoms with Crippen molar-refractivity contribution < 1.29 is 4.74 Å². The van der Waals surface area contributed by atoms with Crippen LogP contribution in [0, 0.1) is 0 Å². The molecule has 3 rings (SSSR count). The average molecular weight is 246 g/mol. The molecule has 0 amide bonds. The van der Waals surface area contributed by atoms with Gasteiger partial charge in [0.25, 0.3) is 0 Å². The van der Waals surface area contributed by atoms with Gasteiger partial charge < -0.3 is 10.1 Å². The van der Waals surface area contributed by atoms with Gasteiger partial charge in [0.15, 0.2) is 0 Å². The third-order valence-electron chi connectivity index (χ3n) is 3.86. The van der Waals surface area contributed by atoms with Crippen LogP contribution < -0.4 is 5.32 Å². The Hall–Kier alpha value is -0.900. The number of rotatable bonds is 4. The quantitative estimate of drug-likeness (QED) is 0.874. The van der Waals surface area contributed by atoms with Gasteiger partial charge in [0, 0.05) is 19.1 Å². The second-order valence-corrected chi connectivity index (χ2v) is 5.46. The van der Waals surface area contributed by atoms with E-state index in [1.54, 1.807) is 0 Å². The molecule has 18 heavy (non-hydrogen) atoms. The van der Waals surface area contributed by atoms with Crippen LogP contribution in [0.25, 0.3) is 0 Å². The first-order valence-electron chi connectivity index (χ1n) is 7.00. The fourth-order valence-corrected chi connectivity index (χ4v) is 2.84. The molecule has 0 saturated carbocycles. The summed E-state index contributed by atoms with van der Waals surface area (Å²) in [4.78, 5) is 2.57. The lowest BCUT2D eigenvalue weighted by atomic mass is 10.0. The van der Waals surface area contributed by atoms with E-state index in [-0.39, 0.29) is 0 Å². The number of ether oxygens (including phenoxy) is 1. The van der Waals surface area contributed by atoms with Gasteiger partial charge in [0.1, 0.15) is 0 Å². The molecule has 0 spiro atoms. The maximum atomic E-state index is 5.22. The minimum absolute atomic E-state index is 0.603. The van der Waals surface area contributed by atoms with Crippen LogP contribution >= 0.6 is 0 Å². The van der Waals surface area contributed by atoms with Crippen LogP contribution in [-0.2, 0) is 11.3 Å². The molecule has 2 heterocycles. The Morgan fingerprint density at radius 2 is 2.00 bits per heavy atom. The second kappa shape index (κ2) is 5.83. The number of hydrogen-bond acceptors (Lipinski definition) is 3. The smallest absolute Gasteiger partial charge is 0.0643 e. The molecule has 0 aromatic heterocycles. The first-order chi connectivity index (χ1) is 8.90. The number of hydrogen-bond donors (Lipinski definition) is 1. The van der Waals surface area contributed by atoms with Crippen LogP contribution in [0.3, 0.4) is 0 Å². The first-order valence-corrected chi connectivity index (χ1v) is 7.00. The maximum absolute atomic E-state index is 5.22. The largest absolute Gasteiger partial charge is 0.378 e. The molecule has 0 bridgehead atoms. The molecule has 98 valence electrons. The summed E-state index contributed by atoms with van der Waals surface area (Å²) in [7, 11) is 0. The van der Waals surface area contributed by atoms with E-state index in [0.29, 0.717) is 12.1 Å². The van der Waals surface area contributed by atoms with Gasteiger partial charge in [0.05, 0.1) is 19.3 Å². The standard InChI is InChI=1S/C15H22N2O/c1-2-5-13(6-3-1)9-17-8-4-7-14(10-17)16-15-11-18-12-15/h1-3,5-6,14-16H,4,7-12H2. The summed E-state index contributed by atoms with van der Waals surface area (Å²) in [6, 6.07) is 12.0. The normalized spacial score (nSPS) is 25.9. The van der Waals surface area contributed by atoms with Crippen molar-refractivity contribution in [3.63, 3.8) is 0 Å². The van der Waals surface area contributed by atoms with E-state index in [0.717, 1.165) is 19.8 Å². The fourth-order valence-electron chi connectivity index (χ4n) is 2.84. The molecule has 3 nitrogen and oxygen atoms in total. The highest BCUT2D eigenvalue weighted by atomic mass is 16.5. The van der Waals surface area contributed by atoms with Gasteiger partial charge in [-0.25, -0.2) is 0 Å². The molecule has 2 aliphatic rings. The fraction of sp³-hybridized carbons (Fsp3) is 0.600. The van der Waals surface area contributed by atoms with Crippen LogP contribution in [0.1, 0.15) is 18.4 Å². The molecule has 1 unspecified atom stereocenters. The lowest BCUT2D eigenvalue weighted by Gasteiger charge is -2.37. The Bertz CT molecular complexity index is 364. The van der Waals surface area contributed by atoms with Gasteiger partial charge in [-0.15, -0.1) is 0 Å². The van der Waals surface area contributed by atoms with Gasteiger partial charge in [0.2, 0.25) is 0 Å². The van der Waals surface area contributed by atoms with Crippen LogP contribution in [-0.4, -0.2) is 43.3 Å². The van der Waals surface area contributed by atoms with Crippen molar-refractivity contribution >= 4 is 0 Å². The Morgan fingerprint density at radius 3 is 2.72 bits per heavy atom. The van der Waals surface area contributed by atoms with Gasteiger partial charge in [-0.05, 0) is 24.9 Å². The summed E-state index contributed by atoms with van der Waals surface area (Å²) >= 11 is 0. The van der Waals surface area contributed by atoms with E-state index in [2.05, 4.69) is 40.5 Å². The van der Waals surface area contributed by atoms with Crippen molar-refractivity contribution in [1.29, 1.82) is 0 Å². The number of piperidine rings is 1. The summed E-state index contributed by atoms with van der Waals surface area (Å²) in [5.41, 5.74) is 1.42. The van der Waals surface area contributed by atoms with E-state index in [4.69, 9.17) is 4.74 Å². The van der Waals surface area contributed by atoms with Crippen molar-refractivity contribution in [3.05, 3.63) is 35.9 Å². The predicted octanol–water partition coefficient (Wildman–Crippen LogP) is 1.64. The highest BCUT2D eigenvalue weighted by molar-refractivity contribution is 5.14. The summed E-state index contributed by atoms with van der Waals surface area (Å²) in [5, 5.41) is 3.70. The molecule has 1 aromatic carbocycles. The summed E-state index contributed by atoms with van der Waals surface area (Å²) in [6.07, 6.45) is 2.61. The van der Waals surface area contributed by atoms with Crippen LogP contribution in [0.15, 0.2) is 30.3 Å². The Morgan fingerprint density at radius 1 is 1.17 bits per heavy atom. The molecule has 2 saturated heterocycles. The Kier molecular flexibility index (Phi) is 3.93. The Labute approximate surface area is 109 Å². The molecule has 2 fully saturated rings. The van der Waals surface area contributed by atoms with Crippen LogP contribution in [0.4, 0.5) is 0 Å². The maximum Gasteiger partial charge on any atom is 0.0643 e. The van der Waals surface area contributed by atoms with Gasteiger partial charge >= 0.3 is 0 Å². The molecule has 1 aromatic rings. The lowest BCUT2D eigenvalue weighted by molar-refractivity contribution is -0.0146. The minimum Gasteiger partial charge on any atom is -0.378 e. The predicted molar refractivity (Wildman–Crippen MR) is 72.5 cm³/mol. The lowest BCUT2D eigenvalue weighted by Crippen LogP contribution is -2.55. The van der Waals surface area contributed by atoms with E-state index in [1.165, 1.54) is 31.5 Å². The molecule has 1 atom stereocenters. The molecule has 1 N–H and O–H groups in total. The van der Waals surface area contributed by atoms with E-state index < -0.39 is 0 Å². The van der Waals surface area contributed by atoms with Crippen molar-refractivity contribution in [2.75, 3.05) is 26.3 Å². The number of nitrogens with one attached hydrogen (secondary N) is 1. The van der Waals surface area contributed by atoms with Crippen LogP contribution in [0.5, 0.6) is 0 Å². The van der Waals surface area contributed by atoms with Crippen molar-refractivity contribution in [2.45, 2.75) is 31.5 Å². The topological polar surface area (TPSA) is 24.5 Å². The van der Waals surface area contributed by atoms with E-state index in [1.807, 2.05) is 0 Å². The molecule has 2 aliphatic heterocycles. The third-order valence-corrected chi connectivity index (χ3v) is 3.86. The van der Waals surface area contributed by atoms with Crippen molar-refractivity contribution in [1.82, 2.24) is 10.2 Å². The zero-order chi connectivity index (χ0) is 12.2. The van der Waals surface area contributed by atoms with Gasteiger partial charge in [-0.2, -0.15) is 0 Å². The zero-order valence-electron chi connectivity index (χ0n) is 10.8. The Balaban J connectivity index is 1.50. The monoisotopic (exact) mass is 246 g/mol. The third kappa shape index (κ3) is 3.10. The number of likely N-dealkylation sites (tertiary alicyclic amines) is 1. The molecule has 0 radical (unpaired) electrons. The van der Waals surface area contributed by atoms with Crippen LogP contribution in [0.2, 0.25) is 0 Å². The van der Waals surface area contributed by atoms with Crippen molar-refractivity contribution in [2.24, 2.45) is 0 Å². The van der Waals surface area contributed by atoms with Gasteiger partial charge in [-0.1, -0.05) is 30.3 Å². The number of benzene rings is 1. The SMILES string of the molecule is c1ccc(CN2CCCC(NC3COC3)C2)cc1. The summed E-state index contributed by atoms with van der Waals surface area (Å²) in [5.74, 6) is 0. The van der Waals surface area contributed by atoms with Crippen molar-refractivity contribution in [3.8, 4) is 0 Å². The average Bonchev–Trinajstić information content (AvgIpc) is 2.36. The second-order valence-electron chi connectivity index (χ2n) is 5.46. The highest BCUT2D eigenvalue weighted by Crippen LogP contribution is 2.15. The number of nitrogens with zero attached hydrogens (tertiary/aromatic N) is 1. The summed E-state index contributed by atoms with van der Waals surface area (Å²) in [6.45, 7) is 5.28. The highest BCUT2D eigenvalue weighted by Gasteiger charge is 2.25. The van der Waals surface area contributed by atoms with E-state index in [9.17, 15) is 0 Å². The van der Waals surface area contributed by atoms with E-state index >= 15 is 0 Å². The molecular weight excluding hydrogens is 224 g/mol. The molecule has 0 aliphatic carbocycles.